The molecule has 108 valence electrons. The zero-order valence-electron chi connectivity index (χ0n) is 10.9. The van der Waals surface area contributed by atoms with Crippen LogP contribution >= 0.6 is 11.3 Å². The van der Waals surface area contributed by atoms with Crippen molar-refractivity contribution in [2.45, 2.75) is 6.10 Å². The van der Waals surface area contributed by atoms with Gasteiger partial charge in [-0.25, -0.2) is 13.8 Å². The molecule has 1 atom stereocenters. The van der Waals surface area contributed by atoms with Gasteiger partial charge in [-0.15, -0.1) is 11.3 Å². The second kappa shape index (κ2) is 5.75. The summed E-state index contributed by atoms with van der Waals surface area (Å²) in [4.78, 5) is 4.18. The summed E-state index contributed by atoms with van der Waals surface area (Å²) in [5.41, 5.74) is 3.87. The van der Waals surface area contributed by atoms with Crippen LogP contribution < -0.4 is 5.32 Å². The van der Waals surface area contributed by atoms with Crippen molar-refractivity contribution >= 4 is 27.2 Å². The van der Waals surface area contributed by atoms with E-state index in [4.69, 9.17) is 0 Å². The maximum Gasteiger partial charge on any atom is 0.159 e. The summed E-state index contributed by atoms with van der Waals surface area (Å²) in [5.74, 6) is -1.88. The van der Waals surface area contributed by atoms with Gasteiger partial charge in [0, 0.05) is 12.2 Å². The molecule has 1 aromatic heterocycles. The van der Waals surface area contributed by atoms with Gasteiger partial charge in [0.1, 0.15) is 0 Å². The number of halogens is 2. The Morgan fingerprint density at radius 2 is 2.00 bits per heavy atom. The van der Waals surface area contributed by atoms with E-state index in [2.05, 4.69) is 10.3 Å². The molecule has 6 heteroatoms. The number of thiazole rings is 1. The molecule has 0 spiro atoms. The Kier molecular flexibility index (Phi) is 3.81. The van der Waals surface area contributed by atoms with Gasteiger partial charge in [0.15, 0.2) is 11.6 Å². The zero-order chi connectivity index (χ0) is 14.8. The predicted octanol–water partition coefficient (Wildman–Crippen LogP) is 3.72. The van der Waals surface area contributed by atoms with E-state index < -0.39 is 17.7 Å². The Balaban J connectivity index is 1.69. The first-order valence-electron chi connectivity index (χ1n) is 6.33. The summed E-state index contributed by atoms with van der Waals surface area (Å²) < 4.78 is 27.0. The van der Waals surface area contributed by atoms with Crippen LogP contribution in [0.15, 0.2) is 41.9 Å². The number of aromatic nitrogens is 1. The van der Waals surface area contributed by atoms with Crippen molar-refractivity contribution in [3.8, 4) is 0 Å². The summed E-state index contributed by atoms with van der Waals surface area (Å²) >= 11 is 1.53. The number of nitrogens with zero attached hydrogens (tertiary/aromatic N) is 1. The van der Waals surface area contributed by atoms with Crippen molar-refractivity contribution in [1.82, 2.24) is 4.98 Å². The Bertz CT molecular complexity index is 775. The molecule has 1 heterocycles. The zero-order valence-corrected chi connectivity index (χ0v) is 11.7. The molecule has 0 saturated carbocycles. The molecule has 0 aliphatic carbocycles. The van der Waals surface area contributed by atoms with E-state index in [1.165, 1.54) is 17.4 Å². The number of hydrogen-bond donors (Lipinski definition) is 2. The van der Waals surface area contributed by atoms with E-state index in [-0.39, 0.29) is 6.54 Å². The molecular formula is C15H12F2N2OS. The molecule has 3 nitrogen and oxygen atoms in total. The van der Waals surface area contributed by atoms with Crippen LogP contribution in [-0.4, -0.2) is 16.6 Å². The number of aliphatic hydroxyl groups excluding tert-OH is 1. The number of benzene rings is 2. The van der Waals surface area contributed by atoms with E-state index in [9.17, 15) is 13.9 Å². The molecular weight excluding hydrogens is 294 g/mol. The molecule has 0 amide bonds. The minimum Gasteiger partial charge on any atom is -0.387 e. The maximum atomic E-state index is 13.1. The molecule has 0 fully saturated rings. The summed E-state index contributed by atoms with van der Waals surface area (Å²) in [7, 11) is 0. The first-order valence-corrected chi connectivity index (χ1v) is 7.21. The van der Waals surface area contributed by atoms with Gasteiger partial charge in [-0.05, 0) is 35.9 Å². The number of hydrogen-bond acceptors (Lipinski definition) is 4. The van der Waals surface area contributed by atoms with Crippen LogP contribution in [0.3, 0.4) is 0 Å². The highest BCUT2D eigenvalue weighted by Gasteiger charge is 2.11. The SMILES string of the molecule is OC(CNc1ccc2ncsc2c1)c1ccc(F)c(F)c1. The topological polar surface area (TPSA) is 45.1 Å². The van der Waals surface area contributed by atoms with Crippen molar-refractivity contribution < 1.29 is 13.9 Å². The fraction of sp³-hybridized carbons (Fsp3) is 0.133. The molecule has 3 rings (SSSR count). The fourth-order valence-electron chi connectivity index (χ4n) is 2.02. The van der Waals surface area contributed by atoms with Gasteiger partial charge in [0.2, 0.25) is 0 Å². The van der Waals surface area contributed by atoms with Crippen LogP contribution in [0.2, 0.25) is 0 Å². The lowest BCUT2D eigenvalue weighted by atomic mass is 10.1. The molecule has 2 N–H and O–H groups in total. The lowest BCUT2D eigenvalue weighted by Crippen LogP contribution is -2.12. The first kappa shape index (κ1) is 13.9. The Morgan fingerprint density at radius 3 is 2.81 bits per heavy atom. The Morgan fingerprint density at radius 1 is 1.14 bits per heavy atom. The highest BCUT2D eigenvalue weighted by Crippen LogP contribution is 2.23. The van der Waals surface area contributed by atoms with Gasteiger partial charge in [-0.3, -0.25) is 0 Å². The minimum absolute atomic E-state index is 0.204. The van der Waals surface area contributed by atoms with Crippen LogP contribution in [0.4, 0.5) is 14.5 Å². The molecule has 0 bridgehead atoms. The maximum absolute atomic E-state index is 13.1. The van der Waals surface area contributed by atoms with Gasteiger partial charge in [-0.1, -0.05) is 6.07 Å². The average Bonchev–Trinajstić information content (AvgIpc) is 2.95. The quantitative estimate of drug-likeness (QED) is 0.772. The number of anilines is 1. The summed E-state index contributed by atoms with van der Waals surface area (Å²) in [6.45, 7) is 0.204. The van der Waals surface area contributed by atoms with E-state index in [1.54, 1.807) is 5.51 Å². The van der Waals surface area contributed by atoms with Gasteiger partial charge in [-0.2, -0.15) is 0 Å². The number of nitrogens with one attached hydrogen (secondary N) is 1. The third-order valence-corrected chi connectivity index (χ3v) is 3.95. The summed E-state index contributed by atoms with van der Waals surface area (Å²) in [6, 6.07) is 9.07. The smallest absolute Gasteiger partial charge is 0.159 e. The molecule has 1 unspecified atom stereocenters. The molecule has 0 saturated heterocycles. The monoisotopic (exact) mass is 306 g/mol. The van der Waals surface area contributed by atoms with E-state index in [0.29, 0.717) is 5.56 Å². The number of aliphatic hydroxyl groups is 1. The molecule has 0 radical (unpaired) electrons. The van der Waals surface area contributed by atoms with E-state index >= 15 is 0 Å². The highest BCUT2D eigenvalue weighted by atomic mass is 32.1. The van der Waals surface area contributed by atoms with Crippen molar-refractivity contribution in [2.75, 3.05) is 11.9 Å². The predicted molar refractivity (Wildman–Crippen MR) is 79.4 cm³/mol. The third-order valence-electron chi connectivity index (χ3n) is 3.16. The Hall–Kier alpha value is -2.05. The number of fused-ring (bicyclic) bond motifs is 1. The Labute approximate surface area is 123 Å². The van der Waals surface area contributed by atoms with Crippen molar-refractivity contribution in [3.05, 3.63) is 59.1 Å². The van der Waals surface area contributed by atoms with Gasteiger partial charge in [0.25, 0.3) is 0 Å². The van der Waals surface area contributed by atoms with Gasteiger partial charge < -0.3 is 10.4 Å². The standard InChI is InChI=1S/C15H12F2N2OS/c16-11-3-1-9(5-12(11)17)14(20)7-18-10-2-4-13-15(6-10)21-8-19-13/h1-6,8,14,18,20H,7H2. The van der Waals surface area contributed by atoms with Crippen molar-refractivity contribution in [2.24, 2.45) is 0 Å². The first-order chi connectivity index (χ1) is 10.1. The largest absolute Gasteiger partial charge is 0.387 e. The number of rotatable bonds is 4. The summed E-state index contributed by atoms with van der Waals surface area (Å²) in [6.07, 6.45) is -0.919. The lowest BCUT2D eigenvalue weighted by Gasteiger charge is -2.13. The van der Waals surface area contributed by atoms with Crippen molar-refractivity contribution in [3.63, 3.8) is 0 Å². The molecule has 21 heavy (non-hydrogen) atoms. The van der Waals surface area contributed by atoms with Gasteiger partial charge >= 0.3 is 0 Å². The molecule has 2 aromatic carbocycles. The van der Waals surface area contributed by atoms with E-state index in [0.717, 1.165) is 28.0 Å². The molecule has 0 aliphatic rings. The lowest BCUT2D eigenvalue weighted by molar-refractivity contribution is 0.191. The molecule has 0 aliphatic heterocycles. The van der Waals surface area contributed by atoms with Crippen LogP contribution in [0.1, 0.15) is 11.7 Å². The van der Waals surface area contributed by atoms with Crippen LogP contribution in [0.25, 0.3) is 10.2 Å². The third kappa shape index (κ3) is 3.01. The second-order valence-corrected chi connectivity index (χ2v) is 5.49. The van der Waals surface area contributed by atoms with Crippen molar-refractivity contribution in [1.29, 1.82) is 0 Å². The fourth-order valence-corrected chi connectivity index (χ4v) is 2.73. The van der Waals surface area contributed by atoms with Crippen LogP contribution in [-0.2, 0) is 0 Å². The minimum atomic E-state index is -0.961. The van der Waals surface area contributed by atoms with Crippen LogP contribution in [0, 0.1) is 11.6 Å². The molecule has 3 aromatic rings. The summed E-state index contributed by atoms with van der Waals surface area (Å²) in [5, 5.41) is 13.1. The van der Waals surface area contributed by atoms with Gasteiger partial charge in [0.05, 0.1) is 21.8 Å². The second-order valence-electron chi connectivity index (χ2n) is 4.61. The highest BCUT2D eigenvalue weighted by molar-refractivity contribution is 7.16. The van der Waals surface area contributed by atoms with E-state index in [1.807, 2.05) is 18.2 Å². The normalized spacial score (nSPS) is 12.5. The average molecular weight is 306 g/mol. The van der Waals surface area contributed by atoms with Crippen LogP contribution in [0.5, 0.6) is 0 Å².